The quantitative estimate of drug-likeness (QED) is 0.641. The summed E-state index contributed by atoms with van der Waals surface area (Å²) in [5.41, 5.74) is 6.59. The molecule has 1 amide bonds. The minimum absolute atomic E-state index is 0.0467. The Morgan fingerprint density at radius 1 is 0.968 bits per heavy atom. The SMILES string of the molecule is Cc1cccc(C[C@H](CC(=O)[O-])NC(=O)OCC2c3ccccc3-c3ccccc32)c1. The van der Waals surface area contributed by atoms with E-state index in [-0.39, 0.29) is 18.9 Å². The molecule has 0 aliphatic heterocycles. The molecule has 31 heavy (non-hydrogen) atoms. The van der Waals surface area contributed by atoms with Crippen molar-refractivity contribution in [2.75, 3.05) is 6.61 Å². The number of carbonyl (C=O) groups is 2. The Kier molecular flexibility index (Phi) is 6.03. The van der Waals surface area contributed by atoms with E-state index in [9.17, 15) is 14.7 Å². The number of benzene rings is 3. The molecule has 1 atom stereocenters. The number of nitrogens with one attached hydrogen (secondary N) is 1. The van der Waals surface area contributed by atoms with Crippen molar-refractivity contribution in [2.24, 2.45) is 0 Å². The Balaban J connectivity index is 1.43. The van der Waals surface area contributed by atoms with Crippen molar-refractivity contribution in [3.8, 4) is 11.1 Å². The van der Waals surface area contributed by atoms with Gasteiger partial charge in [-0.15, -0.1) is 0 Å². The van der Waals surface area contributed by atoms with Gasteiger partial charge < -0.3 is 20.0 Å². The largest absolute Gasteiger partial charge is 0.550 e. The number of carboxylic acids is 1. The van der Waals surface area contributed by atoms with Gasteiger partial charge >= 0.3 is 6.09 Å². The van der Waals surface area contributed by atoms with E-state index in [0.29, 0.717) is 6.42 Å². The van der Waals surface area contributed by atoms with Crippen molar-refractivity contribution in [1.29, 1.82) is 0 Å². The molecule has 5 nitrogen and oxygen atoms in total. The van der Waals surface area contributed by atoms with Crippen molar-refractivity contribution in [1.82, 2.24) is 5.32 Å². The van der Waals surface area contributed by atoms with Crippen LogP contribution in [0.4, 0.5) is 4.79 Å². The zero-order chi connectivity index (χ0) is 21.8. The van der Waals surface area contributed by atoms with Gasteiger partial charge in [0.15, 0.2) is 0 Å². The van der Waals surface area contributed by atoms with E-state index in [1.54, 1.807) is 0 Å². The zero-order valence-electron chi connectivity index (χ0n) is 17.3. The third-order valence-electron chi connectivity index (χ3n) is 5.64. The fourth-order valence-corrected chi connectivity index (χ4v) is 4.31. The number of rotatable bonds is 7. The van der Waals surface area contributed by atoms with E-state index in [0.717, 1.165) is 33.4 Å². The normalized spacial score (nSPS) is 13.2. The monoisotopic (exact) mass is 414 g/mol. The van der Waals surface area contributed by atoms with E-state index in [2.05, 4.69) is 29.6 Å². The topological polar surface area (TPSA) is 78.5 Å². The number of carbonyl (C=O) groups excluding carboxylic acids is 2. The van der Waals surface area contributed by atoms with Crippen LogP contribution in [-0.4, -0.2) is 24.7 Å². The van der Waals surface area contributed by atoms with E-state index in [4.69, 9.17) is 4.74 Å². The predicted octanol–water partition coefficient (Wildman–Crippen LogP) is 3.58. The van der Waals surface area contributed by atoms with E-state index in [1.165, 1.54) is 0 Å². The summed E-state index contributed by atoms with van der Waals surface area (Å²) < 4.78 is 5.55. The summed E-state index contributed by atoms with van der Waals surface area (Å²) in [7, 11) is 0. The number of hydrogen-bond acceptors (Lipinski definition) is 4. The summed E-state index contributed by atoms with van der Waals surface area (Å²) in [6.07, 6.45) is -0.515. The highest BCUT2D eigenvalue weighted by atomic mass is 16.5. The van der Waals surface area contributed by atoms with Gasteiger partial charge in [0.05, 0.1) is 0 Å². The molecule has 0 heterocycles. The van der Waals surface area contributed by atoms with Gasteiger partial charge in [0, 0.05) is 24.3 Å². The summed E-state index contributed by atoms with van der Waals surface area (Å²) in [5.74, 6) is -1.26. The fraction of sp³-hybridized carbons (Fsp3) is 0.231. The first-order chi connectivity index (χ1) is 15.0. The second kappa shape index (κ2) is 9.04. The Morgan fingerprint density at radius 2 is 1.61 bits per heavy atom. The maximum atomic E-state index is 12.5. The van der Waals surface area contributed by atoms with E-state index < -0.39 is 18.1 Å². The molecule has 0 saturated heterocycles. The molecular formula is C26H24NO4-. The van der Waals surface area contributed by atoms with Gasteiger partial charge in [0.1, 0.15) is 6.61 Å². The predicted molar refractivity (Wildman–Crippen MR) is 116 cm³/mol. The van der Waals surface area contributed by atoms with Crippen LogP contribution in [0.25, 0.3) is 11.1 Å². The number of carboxylic acid groups (broad SMARTS) is 1. The Morgan fingerprint density at radius 3 is 2.23 bits per heavy atom. The third-order valence-corrected chi connectivity index (χ3v) is 5.64. The van der Waals surface area contributed by atoms with Gasteiger partial charge in [-0.3, -0.25) is 0 Å². The molecule has 3 aromatic carbocycles. The number of aliphatic carboxylic acids is 1. The lowest BCUT2D eigenvalue weighted by molar-refractivity contribution is -0.306. The van der Waals surface area contributed by atoms with Crippen LogP contribution in [-0.2, 0) is 16.0 Å². The van der Waals surface area contributed by atoms with Crippen LogP contribution in [0.3, 0.4) is 0 Å². The molecule has 0 bridgehead atoms. The summed E-state index contributed by atoms with van der Waals surface area (Å²) in [4.78, 5) is 23.7. The number of hydrogen-bond donors (Lipinski definition) is 1. The fourth-order valence-electron chi connectivity index (χ4n) is 4.31. The summed E-state index contributed by atoms with van der Waals surface area (Å²) in [6.45, 7) is 2.15. The molecule has 4 rings (SSSR count). The van der Waals surface area contributed by atoms with Crippen molar-refractivity contribution in [2.45, 2.75) is 31.7 Å². The van der Waals surface area contributed by atoms with Crippen molar-refractivity contribution in [3.05, 3.63) is 95.1 Å². The van der Waals surface area contributed by atoms with Crippen LogP contribution in [0.5, 0.6) is 0 Å². The Labute approximate surface area is 181 Å². The van der Waals surface area contributed by atoms with Gasteiger partial charge in [0.2, 0.25) is 0 Å². The first-order valence-corrected chi connectivity index (χ1v) is 10.4. The van der Waals surface area contributed by atoms with E-state index >= 15 is 0 Å². The maximum absolute atomic E-state index is 12.5. The highest BCUT2D eigenvalue weighted by molar-refractivity contribution is 5.79. The molecule has 0 fully saturated rings. The van der Waals surface area contributed by atoms with E-state index in [1.807, 2.05) is 55.5 Å². The first kappa shape index (κ1) is 20.7. The van der Waals surface area contributed by atoms with Crippen LogP contribution in [0, 0.1) is 6.92 Å². The second-order valence-electron chi connectivity index (χ2n) is 7.94. The molecular weight excluding hydrogens is 390 g/mol. The highest BCUT2D eigenvalue weighted by Crippen LogP contribution is 2.44. The van der Waals surface area contributed by atoms with Crippen molar-refractivity contribution < 1.29 is 19.4 Å². The molecule has 0 saturated carbocycles. The number of alkyl carbamates (subject to hydrolysis) is 1. The highest BCUT2D eigenvalue weighted by Gasteiger charge is 2.29. The van der Waals surface area contributed by atoms with Crippen LogP contribution in [0.1, 0.15) is 34.6 Å². The molecule has 0 radical (unpaired) electrons. The minimum Gasteiger partial charge on any atom is -0.550 e. The van der Waals surface area contributed by atoms with Crippen molar-refractivity contribution >= 4 is 12.1 Å². The second-order valence-corrected chi connectivity index (χ2v) is 7.94. The van der Waals surface area contributed by atoms with Crippen LogP contribution < -0.4 is 10.4 Å². The number of fused-ring (bicyclic) bond motifs is 3. The number of ether oxygens (including phenoxy) is 1. The smallest absolute Gasteiger partial charge is 0.407 e. The molecule has 3 aromatic rings. The molecule has 1 N–H and O–H groups in total. The lowest BCUT2D eigenvalue weighted by atomic mass is 9.98. The van der Waals surface area contributed by atoms with Gasteiger partial charge in [-0.05, 0) is 41.2 Å². The van der Waals surface area contributed by atoms with Gasteiger partial charge in [-0.25, -0.2) is 4.79 Å². The summed E-state index contributed by atoms with van der Waals surface area (Å²) in [5, 5.41) is 13.9. The average molecular weight is 414 g/mol. The molecule has 158 valence electrons. The summed E-state index contributed by atoms with van der Waals surface area (Å²) in [6, 6.07) is 23.4. The molecule has 1 aliphatic carbocycles. The lowest BCUT2D eigenvalue weighted by Crippen LogP contribution is -2.41. The molecule has 0 aromatic heterocycles. The van der Waals surface area contributed by atoms with Gasteiger partial charge in [-0.1, -0.05) is 78.4 Å². The molecule has 1 aliphatic rings. The van der Waals surface area contributed by atoms with Gasteiger partial charge in [0.25, 0.3) is 0 Å². The standard InChI is InChI=1S/C26H25NO4/c1-17-7-6-8-18(13-17)14-19(15-25(28)29)27-26(30)31-16-24-22-11-4-2-9-20(22)21-10-3-5-12-23(21)24/h2-13,19,24H,14-16H2,1H3,(H,27,30)(H,28,29)/p-1/t19-/m1/s1. The van der Waals surface area contributed by atoms with Gasteiger partial charge in [-0.2, -0.15) is 0 Å². The van der Waals surface area contributed by atoms with Crippen molar-refractivity contribution in [3.63, 3.8) is 0 Å². The molecule has 5 heteroatoms. The Bertz CT molecular complexity index is 1060. The molecule has 0 unspecified atom stereocenters. The third kappa shape index (κ3) is 4.77. The van der Waals surface area contributed by atoms with Crippen LogP contribution in [0.15, 0.2) is 72.8 Å². The number of amides is 1. The zero-order valence-corrected chi connectivity index (χ0v) is 17.3. The molecule has 0 spiro atoms. The van der Waals surface area contributed by atoms with Crippen LogP contribution >= 0.6 is 0 Å². The first-order valence-electron chi connectivity index (χ1n) is 10.4. The maximum Gasteiger partial charge on any atom is 0.407 e. The summed E-state index contributed by atoms with van der Waals surface area (Å²) >= 11 is 0. The Hall–Kier alpha value is -3.60. The minimum atomic E-state index is -1.21. The lowest BCUT2D eigenvalue weighted by Gasteiger charge is -2.21. The van der Waals surface area contributed by atoms with Crippen LogP contribution in [0.2, 0.25) is 0 Å². The average Bonchev–Trinajstić information content (AvgIpc) is 3.06. The number of aryl methyl sites for hydroxylation is 1.